The Morgan fingerprint density at radius 3 is 2.73 bits per heavy atom. The van der Waals surface area contributed by atoms with Gasteiger partial charge < -0.3 is 10.7 Å². The molecule has 0 spiro atoms. The van der Waals surface area contributed by atoms with E-state index in [2.05, 4.69) is 10.2 Å². The molecule has 0 bridgehead atoms. The molecule has 0 aliphatic heterocycles. The van der Waals surface area contributed by atoms with Crippen LogP contribution < -0.4 is 10.7 Å². The second kappa shape index (κ2) is 7.57. The Morgan fingerprint density at radius 1 is 1.23 bits per heavy atom. The molecule has 0 fully saturated rings. The Morgan fingerprint density at radius 2 is 2.00 bits per heavy atom. The number of benzene rings is 2. The van der Waals surface area contributed by atoms with E-state index in [1.54, 1.807) is 24.1 Å². The highest BCUT2D eigenvalue weighted by Crippen LogP contribution is 2.23. The summed E-state index contributed by atoms with van der Waals surface area (Å²) in [6, 6.07) is 13.6. The maximum atomic E-state index is 13.4. The second-order valence-electron chi connectivity index (χ2n) is 5.77. The fourth-order valence-electron chi connectivity index (χ4n) is 2.40. The molecule has 26 heavy (non-hydrogen) atoms. The average Bonchev–Trinajstić information content (AvgIpc) is 2.99. The Balaban J connectivity index is 1.69. The molecule has 134 valence electrons. The van der Waals surface area contributed by atoms with Crippen LogP contribution in [0.4, 0.5) is 10.1 Å². The molecule has 0 radical (unpaired) electrons. The van der Waals surface area contributed by atoms with Crippen molar-refractivity contribution in [3.05, 3.63) is 59.9 Å². The van der Waals surface area contributed by atoms with Crippen LogP contribution in [0.25, 0.3) is 11.4 Å². The van der Waals surface area contributed by atoms with Gasteiger partial charge >= 0.3 is 0 Å². The number of carbonyl (C=O) groups excluding carboxylic acids is 1. The van der Waals surface area contributed by atoms with Gasteiger partial charge in [0.15, 0.2) is 5.82 Å². The lowest BCUT2D eigenvalue weighted by molar-refractivity contribution is -0.115. The maximum Gasteiger partial charge on any atom is 0.237 e. The van der Waals surface area contributed by atoms with Gasteiger partial charge in [0.1, 0.15) is 5.82 Å². The zero-order valence-electron chi connectivity index (χ0n) is 14.4. The number of halogens is 1. The minimum atomic E-state index is -0.380. The number of carbonyl (C=O) groups is 1. The van der Waals surface area contributed by atoms with Gasteiger partial charge in [-0.3, -0.25) is 4.79 Å². The van der Waals surface area contributed by atoms with Gasteiger partial charge in [0.05, 0.1) is 5.75 Å². The summed E-state index contributed by atoms with van der Waals surface area (Å²) in [5.74, 6) is 6.03. The third-order valence-corrected chi connectivity index (χ3v) is 4.76. The molecule has 0 unspecified atom stereocenters. The fraction of sp³-hybridized carbons (Fsp3) is 0.167. The fourth-order valence-corrected chi connectivity index (χ4v) is 3.17. The first-order valence-electron chi connectivity index (χ1n) is 7.88. The number of amides is 1. The van der Waals surface area contributed by atoms with Crippen LogP contribution in [-0.2, 0) is 4.79 Å². The van der Waals surface area contributed by atoms with Crippen molar-refractivity contribution in [2.75, 3.05) is 23.5 Å². The number of anilines is 1. The molecule has 0 atom stereocenters. The van der Waals surface area contributed by atoms with Crippen molar-refractivity contribution in [1.29, 1.82) is 0 Å². The summed E-state index contributed by atoms with van der Waals surface area (Å²) < 4.78 is 14.6. The first-order valence-corrected chi connectivity index (χ1v) is 8.86. The molecule has 6 nitrogen and oxygen atoms in total. The lowest BCUT2D eigenvalue weighted by atomic mass is 10.2. The van der Waals surface area contributed by atoms with E-state index < -0.39 is 0 Å². The van der Waals surface area contributed by atoms with E-state index >= 15 is 0 Å². The Hall–Kier alpha value is -2.87. The lowest BCUT2D eigenvalue weighted by Gasteiger charge is -2.17. The van der Waals surface area contributed by atoms with E-state index in [-0.39, 0.29) is 17.5 Å². The molecule has 0 aliphatic carbocycles. The van der Waals surface area contributed by atoms with Crippen molar-refractivity contribution in [3.8, 4) is 11.4 Å². The minimum absolute atomic E-state index is 0.0871. The Bertz CT molecular complexity index is 943. The summed E-state index contributed by atoms with van der Waals surface area (Å²) in [7, 11) is 1.73. The zero-order chi connectivity index (χ0) is 18.7. The van der Waals surface area contributed by atoms with Crippen molar-refractivity contribution >= 4 is 23.4 Å². The van der Waals surface area contributed by atoms with Gasteiger partial charge in [0, 0.05) is 18.3 Å². The SMILES string of the molecule is Cc1cccc(N(C)C(=O)CSc2nnc(-c3cccc(F)c3)n2N)c1. The van der Waals surface area contributed by atoms with Gasteiger partial charge in [-0.05, 0) is 36.8 Å². The molecule has 0 saturated heterocycles. The highest BCUT2D eigenvalue weighted by Gasteiger charge is 2.16. The largest absolute Gasteiger partial charge is 0.335 e. The summed E-state index contributed by atoms with van der Waals surface area (Å²) in [5.41, 5.74) is 2.43. The number of thioether (sulfide) groups is 1. The van der Waals surface area contributed by atoms with Gasteiger partial charge in [-0.2, -0.15) is 0 Å². The second-order valence-corrected chi connectivity index (χ2v) is 6.71. The normalized spacial score (nSPS) is 10.7. The first kappa shape index (κ1) is 17.9. The molecular formula is C18H18FN5OS. The summed E-state index contributed by atoms with van der Waals surface area (Å²) in [5, 5.41) is 8.38. The lowest BCUT2D eigenvalue weighted by Crippen LogP contribution is -2.28. The molecule has 1 heterocycles. The minimum Gasteiger partial charge on any atom is -0.335 e. The van der Waals surface area contributed by atoms with Crippen LogP contribution in [0, 0.1) is 12.7 Å². The van der Waals surface area contributed by atoms with Crippen molar-refractivity contribution in [2.45, 2.75) is 12.1 Å². The number of nitrogens with zero attached hydrogens (tertiary/aromatic N) is 4. The average molecular weight is 371 g/mol. The number of nitrogens with two attached hydrogens (primary N) is 1. The number of nitrogen functional groups attached to an aromatic ring is 1. The standard InChI is InChI=1S/C18H18FN5OS/c1-12-5-3-8-15(9-12)23(2)16(25)11-26-18-22-21-17(24(18)20)13-6-4-7-14(19)10-13/h3-10H,11,20H2,1-2H3. The van der Waals surface area contributed by atoms with Crippen LogP contribution in [0.5, 0.6) is 0 Å². The van der Waals surface area contributed by atoms with Crippen LogP contribution >= 0.6 is 11.8 Å². The predicted molar refractivity (Wildman–Crippen MR) is 101 cm³/mol. The molecule has 8 heteroatoms. The molecule has 0 saturated carbocycles. The number of aryl methyl sites for hydroxylation is 1. The van der Waals surface area contributed by atoms with E-state index in [0.717, 1.165) is 11.3 Å². The topological polar surface area (TPSA) is 77.0 Å². The number of hydrogen-bond acceptors (Lipinski definition) is 5. The van der Waals surface area contributed by atoms with Crippen LogP contribution in [0.1, 0.15) is 5.56 Å². The van der Waals surface area contributed by atoms with Gasteiger partial charge in [-0.25, -0.2) is 9.07 Å². The van der Waals surface area contributed by atoms with Gasteiger partial charge in [-0.1, -0.05) is 36.0 Å². The molecule has 2 N–H and O–H groups in total. The molecule has 2 aromatic carbocycles. The number of rotatable bonds is 5. The van der Waals surface area contributed by atoms with Crippen LogP contribution in [0.2, 0.25) is 0 Å². The maximum absolute atomic E-state index is 13.4. The Labute approximate surface area is 154 Å². The van der Waals surface area contributed by atoms with Crippen LogP contribution in [-0.4, -0.2) is 33.6 Å². The Kier molecular flexibility index (Phi) is 5.22. The van der Waals surface area contributed by atoms with Crippen LogP contribution in [0.15, 0.2) is 53.7 Å². The summed E-state index contributed by atoms with van der Waals surface area (Å²) in [4.78, 5) is 14.0. The monoisotopic (exact) mass is 371 g/mol. The third kappa shape index (κ3) is 3.85. The highest BCUT2D eigenvalue weighted by molar-refractivity contribution is 7.99. The van der Waals surface area contributed by atoms with E-state index in [4.69, 9.17) is 5.84 Å². The van der Waals surface area contributed by atoms with Gasteiger partial charge in [0.2, 0.25) is 11.1 Å². The molecule has 1 aromatic heterocycles. The third-order valence-electron chi connectivity index (χ3n) is 3.84. The smallest absolute Gasteiger partial charge is 0.237 e. The number of aromatic nitrogens is 3. The van der Waals surface area contributed by atoms with Crippen molar-refractivity contribution in [2.24, 2.45) is 0 Å². The van der Waals surface area contributed by atoms with E-state index in [0.29, 0.717) is 16.5 Å². The summed E-state index contributed by atoms with van der Waals surface area (Å²) >= 11 is 1.18. The van der Waals surface area contributed by atoms with Gasteiger partial charge in [-0.15, -0.1) is 10.2 Å². The van der Waals surface area contributed by atoms with E-state index in [1.807, 2.05) is 31.2 Å². The van der Waals surface area contributed by atoms with Gasteiger partial charge in [0.25, 0.3) is 0 Å². The molecule has 3 rings (SSSR count). The summed E-state index contributed by atoms with van der Waals surface area (Å²) in [6.07, 6.45) is 0. The molecule has 0 aliphatic rings. The highest BCUT2D eigenvalue weighted by atomic mass is 32.2. The van der Waals surface area contributed by atoms with E-state index in [1.165, 1.54) is 28.6 Å². The first-order chi connectivity index (χ1) is 12.5. The molecular weight excluding hydrogens is 353 g/mol. The molecule has 1 amide bonds. The zero-order valence-corrected chi connectivity index (χ0v) is 15.2. The van der Waals surface area contributed by atoms with Crippen LogP contribution in [0.3, 0.4) is 0 Å². The quantitative estimate of drug-likeness (QED) is 0.551. The molecule has 3 aromatic rings. The van der Waals surface area contributed by atoms with Crippen molar-refractivity contribution in [1.82, 2.24) is 14.9 Å². The number of hydrogen-bond donors (Lipinski definition) is 1. The van der Waals surface area contributed by atoms with E-state index in [9.17, 15) is 9.18 Å². The summed E-state index contributed by atoms with van der Waals surface area (Å²) in [6.45, 7) is 1.97. The van der Waals surface area contributed by atoms with Crippen molar-refractivity contribution < 1.29 is 9.18 Å². The van der Waals surface area contributed by atoms with Crippen molar-refractivity contribution in [3.63, 3.8) is 0 Å². The predicted octanol–water partition coefficient (Wildman–Crippen LogP) is 2.86.